The number of thioether (sulfide) groups is 1. The number of hydrogen-bond donors (Lipinski definition) is 0. The Morgan fingerprint density at radius 3 is 2.75 bits per heavy atom. The average molecular weight is 287 g/mol. The molecule has 1 amide bonds. The molecule has 2 aliphatic rings. The lowest BCUT2D eigenvalue weighted by atomic mass is 10.1. The van der Waals surface area contributed by atoms with E-state index in [0.29, 0.717) is 6.54 Å². The maximum absolute atomic E-state index is 12.6. The zero-order chi connectivity index (χ0) is 13.9. The van der Waals surface area contributed by atoms with E-state index in [1.807, 2.05) is 17.0 Å². The number of rotatable bonds is 2. The molecule has 0 saturated carbocycles. The summed E-state index contributed by atoms with van der Waals surface area (Å²) in [5.41, 5.74) is 1.29. The Bertz CT molecular complexity index is 521. The average Bonchev–Trinajstić information content (AvgIpc) is 2.91. The van der Waals surface area contributed by atoms with Crippen molar-refractivity contribution < 1.29 is 4.79 Å². The number of benzene rings is 1. The molecule has 1 fully saturated rings. The Hall–Kier alpha value is -1.51. The van der Waals surface area contributed by atoms with Gasteiger partial charge in [-0.15, -0.1) is 11.8 Å². The normalized spacial score (nSPS) is 22.4. The predicted molar refractivity (Wildman–Crippen MR) is 78.4 cm³/mol. The summed E-state index contributed by atoms with van der Waals surface area (Å²) in [5.74, 6) is 0.253. The minimum Gasteiger partial charge on any atom is -0.339 e. The van der Waals surface area contributed by atoms with Crippen molar-refractivity contribution >= 4 is 17.7 Å². The third-order valence-electron chi connectivity index (χ3n) is 3.90. The molecule has 0 radical (unpaired) electrons. The van der Waals surface area contributed by atoms with Crippen molar-refractivity contribution in [3.63, 3.8) is 0 Å². The molecule has 1 atom stereocenters. The highest BCUT2D eigenvalue weighted by atomic mass is 32.2. The SMILES string of the molecule is N#CCN1CCN(C(=O)C2Cc3ccccc3S2)CC1. The standard InChI is InChI=1S/C15H17N3OS/c16-5-6-17-7-9-18(10-8-17)15(19)14-11-12-3-1-2-4-13(12)20-14/h1-4,14H,6-11H2. The van der Waals surface area contributed by atoms with E-state index in [9.17, 15) is 4.79 Å². The van der Waals surface area contributed by atoms with Gasteiger partial charge in [0, 0.05) is 31.1 Å². The Balaban J connectivity index is 1.58. The van der Waals surface area contributed by atoms with E-state index in [2.05, 4.69) is 23.1 Å². The number of hydrogen-bond acceptors (Lipinski definition) is 4. The minimum atomic E-state index is 0.0370. The monoisotopic (exact) mass is 287 g/mol. The predicted octanol–water partition coefficient (Wildman–Crippen LogP) is 1.37. The van der Waals surface area contributed by atoms with Gasteiger partial charge in [0.25, 0.3) is 0 Å². The molecule has 1 unspecified atom stereocenters. The number of nitrogens with zero attached hydrogens (tertiary/aromatic N) is 3. The van der Waals surface area contributed by atoms with Crippen molar-refractivity contribution in [3.05, 3.63) is 29.8 Å². The maximum Gasteiger partial charge on any atom is 0.236 e. The van der Waals surface area contributed by atoms with Gasteiger partial charge in [0.15, 0.2) is 0 Å². The van der Waals surface area contributed by atoms with Crippen LogP contribution in [0.5, 0.6) is 0 Å². The lowest BCUT2D eigenvalue weighted by molar-refractivity contribution is -0.132. The van der Waals surface area contributed by atoms with Gasteiger partial charge in [0.05, 0.1) is 17.9 Å². The number of piperazine rings is 1. The van der Waals surface area contributed by atoms with Gasteiger partial charge in [-0.2, -0.15) is 5.26 Å². The first-order valence-electron chi connectivity index (χ1n) is 6.90. The summed E-state index contributed by atoms with van der Waals surface area (Å²) < 4.78 is 0. The zero-order valence-corrected chi connectivity index (χ0v) is 12.1. The van der Waals surface area contributed by atoms with Gasteiger partial charge in [0.2, 0.25) is 5.91 Å². The third kappa shape index (κ3) is 2.67. The van der Waals surface area contributed by atoms with Crippen LogP contribution in [0.15, 0.2) is 29.2 Å². The fourth-order valence-electron chi connectivity index (χ4n) is 2.75. The molecule has 20 heavy (non-hydrogen) atoms. The molecule has 1 aromatic carbocycles. The number of carbonyl (C=O) groups is 1. The molecule has 4 nitrogen and oxygen atoms in total. The third-order valence-corrected chi connectivity index (χ3v) is 5.21. The molecular weight excluding hydrogens is 270 g/mol. The van der Waals surface area contributed by atoms with Crippen LogP contribution in [0.25, 0.3) is 0 Å². The number of amides is 1. The topological polar surface area (TPSA) is 47.3 Å². The molecule has 0 N–H and O–H groups in total. The largest absolute Gasteiger partial charge is 0.339 e. The van der Waals surface area contributed by atoms with Gasteiger partial charge < -0.3 is 4.90 Å². The van der Waals surface area contributed by atoms with Crippen LogP contribution in [-0.2, 0) is 11.2 Å². The van der Waals surface area contributed by atoms with Crippen molar-refractivity contribution in [1.29, 1.82) is 5.26 Å². The number of fused-ring (bicyclic) bond motifs is 1. The van der Waals surface area contributed by atoms with E-state index < -0.39 is 0 Å². The van der Waals surface area contributed by atoms with Crippen molar-refractivity contribution in [1.82, 2.24) is 9.80 Å². The van der Waals surface area contributed by atoms with Gasteiger partial charge >= 0.3 is 0 Å². The van der Waals surface area contributed by atoms with E-state index in [0.717, 1.165) is 32.6 Å². The van der Waals surface area contributed by atoms with E-state index >= 15 is 0 Å². The fourth-order valence-corrected chi connectivity index (χ4v) is 4.03. The summed E-state index contributed by atoms with van der Waals surface area (Å²) >= 11 is 1.69. The van der Waals surface area contributed by atoms with Crippen LogP contribution in [0.2, 0.25) is 0 Å². The summed E-state index contributed by atoms with van der Waals surface area (Å²) in [5, 5.41) is 8.73. The summed E-state index contributed by atoms with van der Waals surface area (Å²) in [7, 11) is 0. The van der Waals surface area contributed by atoms with E-state index in [-0.39, 0.29) is 11.2 Å². The van der Waals surface area contributed by atoms with Gasteiger partial charge in [-0.3, -0.25) is 9.69 Å². The molecule has 2 heterocycles. The first kappa shape index (κ1) is 13.5. The number of nitriles is 1. The van der Waals surface area contributed by atoms with Crippen LogP contribution in [0.1, 0.15) is 5.56 Å². The molecule has 1 saturated heterocycles. The first-order valence-corrected chi connectivity index (χ1v) is 7.78. The Morgan fingerprint density at radius 1 is 1.30 bits per heavy atom. The Kier molecular flexibility index (Phi) is 3.95. The second-order valence-electron chi connectivity index (χ2n) is 5.18. The Labute approximate surface area is 123 Å². The molecule has 0 aliphatic carbocycles. The zero-order valence-electron chi connectivity index (χ0n) is 11.3. The van der Waals surface area contributed by atoms with Gasteiger partial charge in [0.1, 0.15) is 0 Å². The van der Waals surface area contributed by atoms with E-state index in [4.69, 9.17) is 5.26 Å². The van der Waals surface area contributed by atoms with Crippen LogP contribution in [0, 0.1) is 11.3 Å². The molecule has 1 aromatic rings. The van der Waals surface area contributed by atoms with Crippen molar-refractivity contribution in [2.45, 2.75) is 16.6 Å². The summed E-state index contributed by atoms with van der Waals surface area (Å²) in [6.45, 7) is 3.57. The highest BCUT2D eigenvalue weighted by Crippen LogP contribution is 2.37. The lowest BCUT2D eigenvalue weighted by Crippen LogP contribution is -2.50. The molecule has 2 aliphatic heterocycles. The lowest BCUT2D eigenvalue weighted by Gasteiger charge is -2.34. The summed E-state index contributed by atoms with van der Waals surface area (Å²) in [6, 6.07) is 10.4. The van der Waals surface area contributed by atoms with Crippen LogP contribution in [-0.4, -0.2) is 53.7 Å². The highest BCUT2D eigenvalue weighted by molar-refractivity contribution is 8.01. The summed E-state index contributed by atoms with van der Waals surface area (Å²) in [4.78, 5) is 17.9. The quantitative estimate of drug-likeness (QED) is 0.771. The van der Waals surface area contributed by atoms with Gasteiger partial charge in [-0.25, -0.2) is 0 Å². The fraction of sp³-hybridized carbons (Fsp3) is 0.467. The first-order chi connectivity index (χ1) is 9.78. The minimum absolute atomic E-state index is 0.0370. The van der Waals surface area contributed by atoms with Crippen LogP contribution in [0.3, 0.4) is 0 Å². The van der Waals surface area contributed by atoms with Crippen molar-refractivity contribution in [3.8, 4) is 6.07 Å². The molecule has 5 heteroatoms. The molecule has 3 rings (SSSR count). The van der Waals surface area contributed by atoms with Crippen LogP contribution < -0.4 is 0 Å². The second-order valence-corrected chi connectivity index (χ2v) is 6.42. The molecule has 0 spiro atoms. The number of carbonyl (C=O) groups excluding carboxylic acids is 1. The Morgan fingerprint density at radius 2 is 2.05 bits per heavy atom. The maximum atomic E-state index is 12.6. The van der Waals surface area contributed by atoms with Gasteiger partial charge in [-0.05, 0) is 18.1 Å². The van der Waals surface area contributed by atoms with Crippen molar-refractivity contribution in [2.24, 2.45) is 0 Å². The molecular formula is C15H17N3OS. The molecule has 0 bridgehead atoms. The smallest absolute Gasteiger partial charge is 0.236 e. The highest BCUT2D eigenvalue weighted by Gasteiger charge is 2.32. The molecule has 0 aromatic heterocycles. The van der Waals surface area contributed by atoms with Crippen LogP contribution in [0.4, 0.5) is 0 Å². The van der Waals surface area contributed by atoms with Gasteiger partial charge in [-0.1, -0.05) is 18.2 Å². The molecule has 104 valence electrons. The summed E-state index contributed by atoms with van der Waals surface area (Å²) in [6.07, 6.45) is 0.845. The van der Waals surface area contributed by atoms with E-state index in [1.54, 1.807) is 11.8 Å². The van der Waals surface area contributed by atoms with Crippen LogP contribution >= 0.6 is 11.8 Å². The second kappa shape index (κ2) is 5.86. The van der Waals surface area contributed by atoms with Crippen molar-refractivity contribution in [2.75, 3.05) is 32.7 Å². The van der Waals surface area contributed by atoms with E-state index in [1.165, 1.54) is 10.5 Å².